The number of rotatable bonds is 4. The summed E-state index contributed by atoms with van der Waals surface area (Å²) in [5.74, 6) is 0.903. The third kappa shape index (κ3) is 5.14. The van der Waals surface area contributed by atoms with Crippen LogP contribution in [0.1, 0.15) is 64.0 Å². The van der Waals surface area contributed by atoms with Crippen LogP contribution in [0.3, 0.4) is 0 Å². The Labute approximate surface area is 131 Å². The van der Waals surface area contributed by atoms with Gasteiger partial charge in [0.15, 0.2) is 0 Å². The summed E-state index contributed by atoms with van der Waals surface area (Å²) in [6.07, 6.45) is 8.08. The lowest BCUT2D eigenvalue weighted by atomic mass is 9.76. The van der Waals surface area contributed by atoms with Crippen molar-refractivity contribution in [3.05, 3.63) is 35.4 Å². The number of benzene rings is 1. The van der Waals surface area contributed by atoms with Crippen LogP contribution in [-0.4, -0.2) is 12.6 Å². The molecule has 118 valence electrons. The molecule has 1 N–H and O–H groups in total. The molecular formula is C20H33N. The standard InChI is InChI=1S/C20H33N/c1-16-8-5-6-9-17(16)14-15-21-19-11-7-10-18(12-13-19)20(2,3)4/h5-6,8-9,18-19,21H,7,10-15H2,1-4H3. The Morgan fingerprint density at radius 2 is 1.81 bits per heavy atom. The lowest BCUT2D eigenvalue weighted by molar-refractivity contribution is 0.213. The van der Waals surface area contributed by atoms with Crippen LogP contribution in [0.4, 0.5) is 0 Å². The van der Waals surface area contributed by atoms with E-state index in [2.05, 4.69) is 57.3 Å². The van der Waals surface area contributed by atoms with Gasteiger partial charge < -0.3 is 5.32 Å². The van der Waals surface area contributed by atoms with Crippen LogP contribution in [0, 0.1) is 18.3 Å². The van der Waals surface area contributed by atoms with Crippen molar-refractivity contribution >= 4 is 0 Å². The number of aryl methyl sites for hydroxylation is 1. The van der Waals surface area contributed by atoms with Gasteiger partial charge in [-0.15, -0.1) is 0 Å². The Morgan fingerprint density at radius 1 is 1.05 bits per heavy atom. The number of hydrogen-bond acceptors (Lipinski definition) is 1. The molecule has 1 aliphatic rings. The fourth-order valence-electron chi connectivity index (χ4n) is 3.67. The average molecular weight is 287 g/mol. The van der Waals surface area contributed by atoms with Gasteiger partial charge in [0.2, 0.25) is 0 Å². The molecule has 0 aliphatic heterocycles. The van der Waals surface area contributed by atoms with Crippen LogP contribution in [0.2, 0.25) is 0 Å². The molecule has 1 nitrogen and oxygen atoms in total. The van der Waals surface area contributed by atoms with E-state index in [9.17, 15) is 0 Å². The van der Waals surface area contributed by atoms with Crippen molar-refractivity contribution in [3.8, 4) is 0 Å². The van der Waals surface area contributed by atoms with E-state index in [1.807, 2.05) is 0 Å². The molecule has 1 aromatic rings. The molecule has 0 bridgehead atoms. The molecule has 1 aliphatic carbocycles. The molecule has 2 atom stereocenters. The van der Waals surface area contributed by atoms with Gasteiger partial charge in [-0.05, 0) is 68.0 Å². The molecule has 0 aromatic heterocycles. The quantitative estimate of drug-likeness (QED) is 0.758. The van der Waals surface area contributed by atoms with E-state index in [4.69, 9.17) is 0 Å². The maximum atomic E-state index is 3.81. The van der Waals surface area contributed by atoms with E-state index >= 15 is 0 Å². The van der Waals surface area contributed by atoms with Crippen LogP contribution in [-0.2, 0) is 6.42 Å². The molecule has 21 heavy (non-hydrogen) atoms. The van der Waals surface area contributed by atoms with E-state index in [0.29, 0.717) is 5.41 Å². The van der Waals surface area contributed by atoms with Crippen molar-refractivity contribution in [1.82, 2.24) is 5.32 Å². The molecule has 0 spiro atoms. The van der Waals surface area contributed by atoms with Crippen LogP contribution >= 0.6 is 0 Å². The van der Waals surface area contributed by atoms with E-state index in [0.717, 1.165) is 24.9 Å². The Bertz CT molecular complexity index is 430. The van der Waals surface area contributed by atoms with Gasteiger partial charge in [-0.1, -0.05) is 51.5 Å². The second-order valence-electron chi connectivity index (χ2n) is 7.90. The smallest absolute Gasteiger partial charge is 0.00672 e. The lowest BCUT2D eigenvalue weighted by Gasteiger charge is -2.29. The van der Waals surface area contributed by atoms with Crippen molar-refractivity contribution in [2.24, 2.45) is 11.3 Å². The third-order valence-corrected chi connectivity index (χ3v) is 5.28. The summed E-state index contributed by atoms with van der Waals surface area (Å²) in [5, 5.41) is 3.81. The zero-order chi connectivity index (χ0) is 15.3. The largest absolute Gasteiger partial charge is 0.314 e. The second kappa shape index (κ2) is 7.45. The van der Waals surface area contributed by atoms with Crippen LogP contribution in [0.5, 0.6) is 0 Å². The maximum absolute atomic E-state index is 3.81. The summed E-state index contributed by atoms with van der Waals surface area (Å²) >= 11 is 0. The first-order valence-electron chi connectivity index (χ1n) is 8.74. The molecule has 2 unspecified atom stereocenters. The Morgan fingerprint density at radius 3 is 2.52 bits per heavy atom. The molecule has 1 fully saturated rings. The van der Waals surface area contributed by atoms with Crippen LogP contribution in [0.15, 0.2) is 24.3 Å². The first kappa shape index (κ1) is 16.5. The predicted molar refractivity (Wildman–Crippen MR) is 92.7 cm³/mol. The fourth-order valence-corrected chi connectivity index (χ4v) is 3.67. The first-order valence-corrected chi connectivity index (χ1v) is 8.74. The summed E-state index contributed by atoms with van der Waals surface area (Å²) in [5.41, 5.74) is 3.40. The second-order valence-corrected chi connectivity index (χ2v) is 7.90. The van der Waals surface area contributed by atoms with Gasteiger partial charge in [0.25, 0.3) is 0 Å². The van der Waals surface area contributed by atoms with Gasteiger partial charge in [-0.3, -0.25) is 0 Å². The average Bonchev–Trinajstić information content (AvgIpc) is 2.66. The van der Waals surface area contributed by atoms with Crippen molar-refractivity contribution in [2.75, 3.05) is 6.54 Å². The van der Waals surface area contributed by atoms with Gasteiger partial charge >= 0.3 is 0 Å². The van der Waals surface area contributed by atoms with E-state index in [1.54, 1.807) is 0 Å². The highest BCUT2D eigenvalue weighted by Gasteiger charge is 2.27. The topological polar surface area (TPSA) is 12.0 Å². The van der Waals surface area contributed by atoms with Gasteiger partial charge in [0.1, 0.15) is 0 Å². The summed E-state index contributed by atoms with van der Waals surface area (Å²) in [6, 6.07) is 9.50. The molecular weight excluding hydrogens is 254 g/mol. The van der Waals surface area contributed by atoms with E-state index in [1.165, 1.54) is 43.2 Å². The molecule has 0 radical (unpaired) electrons. The number of hydrogen-bond donors (Lipinski definition) is 1. The van der Waals surface area contributed by atoms with Crippen molar-refractivity contribution < 1.29 is 0 Å². The Balaban J connectivity index is 1.76. The van der Waals surface area contributed by atoms with Gasteiger partial charge in [0, 0.05) is 6.04 Å². The fraction of sp³-hybridized carbons (Fsp3) is 0.700. The maximum Gasteiger partial charge on any atom is 0.00672 e. The molecule has 1 heteroatoms. The molecule has 2 rings (SSSR count). The minimum absolute atomic E-state index is 0.482. The highest BCUT2D eigenvalue weighted by Crippen LogP contribution is 2.36. The highest BCUT2D eigenvalue weighted by atomic mass is 14.9. The normalized spacial score (nSPS) is 23.8. The van der Waals surface area contributed by atoms with Crippen molar-refractivity contribution in [1.29, 1.82) is 0 Å². The number of nitrogens with one attached hydrogen (secondary N) is 1. The van der Waals surface area contributed by atoms with Crippen molar-refractivity contribution in [3.63, 3.8) is 0 Å². The Hall–Kier alpha value is -0.820. The van der Waals surface area contributed by atoms with Crippen molar-refractivity contribution in [2.45, 2.75) is 72.3 Å². The first-order chi connectivity index (χ1) is 9.97. The molecule has 0 heterocycles. The van der Waals surface area contributed by atoms with Crippen LogP contribution in [0.25, 0.3) is 0 Å². The summed E-state index contributed by atoms with van der Waals surface area (Å²) < 4.78 is 0. The SMILES string of the molecule is Cc1ccccc1CCNC1CCCC(C(C)(C)C)CC1. The monoisotopic (exact) mass is 287 g/mol. The zero-order valence-electron chi connectivity index (χ0n) is 14.4. The lowest BCUT2D eigenvalue weighted by Crippen LogP contribution is -2.30. The van der Waals surface area contributed by atoms with E-state index in [-0.39, 0.29) is 0 Å². The minimum Gasteiger partial charge on any atom is -0.314 e. The van der Waals surface area contributed by atoms with Crippen LogP contribution < -0.4 is 5.32 Å². The zero-order valence-corrected chi connectivity index (χ0v) is 14.4. The third-order valence-electron chi connectivity index (χ3n) is 5.28. The van der Waals surface area contributed by atoms with E-state index < -0.39 is 0 Å². The van der Waals surface area contributed by atoms with Gasteiger partial charge in [-0.2, -0.15) is 0 Å². The highest BCUT2D eigenvalue weighted by molar-refractivity contribution is 5.25. The molecule has 0 amide bonds. The summed E-state index contributed by atoms with van der Waals surface area (Å²) in [6.45, 7) is 10.6. The molecule has 1 aromatic carbocycles. The molecule has 0 saturated heterocycles. The summed E-state index contributed by atoms with van der Waals surface area (Å²) in [4.78, 5) is 0. The predicted octanol–water partition coefficient (Wildman–Crippen LogP) is 5.12. The Kier molecular flexibility index (Phi) is 5.87. The van der Waals surface area contributed by atoms with Gasteiger partial charge in [0.05, 0.1) is 0 Å². The summed E-state index contributed by atoms with van der Waals surface area (Å²) in [7, 11) is 0. The molecule has 1 saturated carbocycles. The van der Waals surface area contributed by atoms with Gasteiger partial charge in [-0.25, -0.2) is 0 Å². The minimum atomic E-state index is 0.482.